The molecule has 1 aliphatic heterocycles. The number of anilines is 1. The number of hydrogen-bond acceptors (Lipinski definition) is 4. The maximum Gasteiger partial charge on any atom is 0.255 e. The summed E-state index contributed by atoms with van der Waals surface area (Å²) >= 11 is 1.46. The fraction of sp³-hybridized carbons (Fsp3) is 0.308. The first-order chi connectivity index (χ1) is 8.74. The van der Waals surface area contributed by atoms with Crippen molar-refractivity contribution in [3.63, 3.8) is 0 Å². The second-order valence-electron chi connectivity index (χ2n) is 4.37. The van der Waals surface area contributed by atoms with E-state index in [9.17, 15) is 4.79 Å². The van der Waals surface area contributed by atoms with Crippen LogP contribution in [0.5, 0.6) is 0 Å². The van der Waals surface area contributed by atoms with Crippen LogP contribution in [0.1, 0.15) is 31.9 Å². The van der Waals surface area contributed by atoms with Gasteiger partial charge in [0, 0.05) is 11.1 Å². The monoisotopic (exact) mass is 259 g/mol. The number of hydrazone groups is 1. The van der Waals surface area contributed by atoms with E-state index in [4.69, 9.17) is 0 Å². The van der Waals surface area contributed by atoms with Crippen LogP contribution in [0.25, 0.3) is 5.57 Å². The highest BCUT2D eigenvalue weighted by Crippen LogP contribution is 2.29. The van der Waals surface area contributed by atoms with Gasteiger partial charge in [0.25, 0.3) is 5.91 Å². The van der Waals surface area contributed by atoms with Crippen molar-refractivity contribution < 1.29 is 4.79 Å². The molecule has 0 bridgehead atoms. The Kier molecular flexibility index (Phi) is 2.83. The maximum absolute atomic E-state index is 11.7. The highest BCUT2D eigenvalue weighted by molar-refractivity contribution is 7.14. The minimum Gasteiger partial charge on any atom is -0.272 e. The predicted octanol–water partition coefficient (Wildman–Crippen LogP) is 2.99. The van der Waals surface area contributed by atoms with Crippen molar-refractivity contribution in [2.24, 2.45) is 5.10 Å². The van der Waals surface area contributed by atoms with Gasteiger partial charge in [-0.2, -0.15) is 10.1 Å². The van der Waals surface area contributed by atoms with Gasteiger partial charge in [0.05, 0.1) is 12.1 Å². The average Bonchev–Trinajstić information content (AvgIpc) is 2.97. The summed E-state index contributed by atoms with van der Waals surface area (Å²) in [5.41, 5.74) is 2.91. The predicted molar refractivity (Wildman–Crippen MR) is 73.7 cm³/mol. The molecule has 1 aromatic heterocycles. The Labute approximate surface area is 109 Å². The molecule has 0 saturated carbocycles. The van der Waals surface area contributed by atoms with Crippen molar-refractivity contribution >= 4 is 33.7 Å². The summed E-state index contributed by atoms with van der Waals surface area (Å²) < 4.78 is 0. The number of carbonyl (C=O) groups excluding carboxylic acids is 1. The highest BCUT2D eigenvalue weighted by Gasteiger charge is 2.25. The molecule has 5 heteroatoms. The molecule has 92 valence electrons. The van der Waals surface area contributed by atoms with Gasteiger partial charge in [-0.05, 0) is 25.3 Å². The molecule has 2 heterocycles. The molecule has 0 unspecified atom stereocenters. The lowest BCUT2D eigenvalue weighted by molar-refractivity contribution is -0.116. The van der Waals surface area contributed by atoms with E-state index < -0.39 is 0 Å². The average molecular weight is 259 g/mol. The molecule has 2 aliphatic rings. The molecule has 0 aromatic carbocycles. The molecule has 0 fully saturated rings. The van der Waals surface area contributed by atoms with Gasteiger partial charge in [-0.15, -0.1) is 11.3 Å². The Hall–Kier alpha value is -1.75. The van der Waals surface area contributed by atoms with Crippen molar-refractivity contribution in [3.05, 3.63) is 29.3 Å². The minimum absolute atomic E-state index is 0.00145. The Morgan fingerprint density at radius 1 is 1.39 bits per heavy atom. The second kappa shape index (κ2) is 4.49. The zero-order valence-corrected chi connectivity index (χ0v) is 10.9. The van der Waals surface area contributed by atoms with Crippen LogP contribution in [0.2, 0.25) is 0 Å². The molecule has 1 aromatic rings. The smallest absolute Gasteiger partial charge is 0.255 e. The Morgan fingerprint density at radius 3 is 2.94 bits per heavy atom. The van der Waals surface area contributed by atoms with Gasteiger partial charge in [0.2, 0.25) is 5.13 Å². The zero-order chi connectivity index (χ0) is 12.5. The van der Waals surface area contributed by atoms with E-state index in [1.165, 1.54) is 16.3 Å². The van der Waals surface area contributed by atoms with E-state index in [0.29, 0.717) is 11.6 Å². The number of allylic oxidation sites excluding steroid dienone is 4. The van der Waals surface area contributed by atoms with Crippen LogP contribution in [-0.4, -0.2) is 16.6 Å². The van der Waals surface area contributed by atoms with Crippen LogP contribution in [0, 0.1) is 0 Å². The Bertz CT molecular complexity index is 583. The summed E-state index contributed by atoms with van der Waals surface area (Å²) in [5, 5.41) is 8.26. The molecule has 1 aliphatic carbocycles. The second-order valence-corrected chi connectivity index (χ2v) is 5.21. The van der Waals surface area contributed by atoms with Crippen LogP contribution in [0.4, 0.5) is 5.13 Å². The molecule has 3 rings (SSSR count). The van der Waals surface area contributed by atoms with Crippen LogP contribution in [-0.2, 0) is 4.79 Å². The van der Waals surface area contributed by atoms with E-state index in [1.807, 2.05) is 12.3 Å². The highest BCUT2D eigenvalue weighted by atomic mass is 32.1. The van der Waals surface area contributed by atoms with Gasteiger partial charge in [0.1, 0.15) is 0 Å². The summed E-state index contributed by atoms with van der Waals surface area (Å²) in [4.78, 5) is 16.2. The number of hydrogen-bond donors (Lipinski definition) is 0. The molecule has 0 spiro atoms. The number of aromatic nitrogens is 1. The fourth-order valence-electron chi connectivity index (χ4n) is 2.00. The van der Waals surface area contributed by atoms with E-state index in [0.717, 1.165) is 29.8 Å². The summed E-state index contributed by atoms with van der Waals surface area (Å²) in [6, 6.07) is 0. The molecule has 0 N–H and O–H groups in total. The Balaban J connectivity index is 1.88. The van der Waals surface area contributed by atoms with Gasteiger partial charge in [-0.1, -0.05) is 18.2 Å². The van der Waals surface area contributed by atoms with Crippen LogP contribution in [0.3, 0.4) is 0 Å². The minimum atomic E-state index is 0.00145. The molecular weight excluding hydrogens is 246 g/mol. The van der Waals surface area contributed by atoms with Crippen LogP contribution >= 0.6 is 11.3 Å². The Morgan fingerprint density at radius 2 is 2.28 bits per heavy atom. The molecule has 0 radical (unpaired) electrons. The normalized spacial score (nSPS) is 19.2. The standard InChI is InChI=1S/C13H13N3OS/c1-9-7-12(17)16(15-9)13-14-11(8-18-13)10-5-3-2-4-6-10/h3,5-6,8H,2,4,7H2,1H3. The summed E-state index contributed by atoms with van der Waals surface area (Å²) in [6.45, 7) is 1.86. The van der Waals surface area contributed by atoms with Gasteiger partial charge in [-0.3, -0.25) is 4.79 Å². The molecular formula is C13H13N3OS. The number of thiazole rings is 1. The lowest BCUT2D eigenvalue weighted by Gasteiger charge is -2.06. The molecule has 1 amide bonds. The third-order valence-corrected chi connectivity index (χ3v) is 3.69. The fourth-order valence-corrected chi connectivity index (χ4v) is 2.80. The first kappa shape index (κ1) is 11.3. The molecule has 0 atom stereocenters. The molecule has 0 saturated heterocycles. The first-order valence-corrected chi connectivity index (χ1v) is 6.81. The topological polar surface area (TPSA) is 45.6 Å². The van der Waals surface area contributed by atoms with E-state index in [-0.39, 0.29) is 5.91 Å². The zero-order valence-electron chi connectivity index (χ0n) is 10.1. The number of carbonyl (C=O) groups is 1. The van der Waals surface area contributed by atoms with Gasteiger partial charge in [-0.25, -0.2) is 4.98 Å². The summed E-state index contributed by atoms with van der Waals surface area (Å²) in [7, 11) is 0. The quantitative estimate of drug-likeness (QED) is 0.819. The lowest BCUT2D eigenvalue weighted by Crippen LogP contribution is -2.19. The van der Waals surface area contributed by atoms with Crippen molar-refractivity contribution in [1.29, 1.82) is 0 Å². The lowest BCUT2D eigenvalue weighted by atomic mass is 10.1. The SMILES string of the molecule is CC1=NN(c2nc(C3=CCCC=C3)cs2)C(=O)C1. The van der Waals surface area contributed by atoms with E-state index >= 15 is 0 Å². The third kappa shape index (κ3) is 2.01. The van der Waals surface area contributed by atoms with Gasteiger partial charge >= 0.3 is 0 Å². The van der Waals surface area contributed by atoms with Crippen molar-refractivity contribution in [3.8, 4) is 0 Å². The van der Waals surface area contributed by atoms with E-state index in [2.05, 4.69) is 28.3 Å². The van der Waals surface area contributed by atoms with Crippen LogP contribution in [0.15, 0.2) is 28.7 Å². The van der Waals surface area contributed by atoms with Crippen LogP contribution < -0.4 is 5.01 Å². The van der Waals surface area contributed by atoms with Crippen molar-refractivity contribution in [2.75, 3.05) is 5.01 Å². The summed E-state index contributed by atoms with van der Waals surface area (Å²) in [5.74, 6) is 0.00145. The largest absolute Gasteiger partial charge is 0.272 e. The van der Waals surface area contributed by atoms with Crippen molar-refractivity contribution in [2.45, 2.75) is 26.2 Å². The van der Waals surface area contributed by atoms with Gasteiger partial charge in [0.15, 0.2) is 0 Å². The number of rotatable bonds is 2. The molecule has 18 heavy (non-hydrogen) atoms. The van der Waals surface area contributed by atoms with Gasteiger partial charge < -0.3 is 0 Å². The first-order valence-electron chi connectivity index (χ1n) is 5.93. The molecule has 4 nitrogen and oxygen atoms in total. The maximum atomic E-state index is 11.7. The number of nitrogens with zero attached hydrogens (tertiary/aromatic N) is 3. The van der Waals surface area contributed by atoms with Crippen molar-refractivity contribution in [1.82, 2.24) is 4.98 Å². The summed E-state index contributed by atoms with van der Waals surface area (Å²) in [6.07, 6.45) is 8.96. The number of amides is 1. The third-order valence-electron chi connectivity index (χ3n) is 2.88. The van der Waals surface area contributed by atoms with E-state index in [1.54, 1.807) is 0 Å².